The van der Waals surface area contributed by atoms with E-state index >= 15 is 0 Å². The first-order valence-electron chi connectivity index (χ1n) is 7.59. The first-order chi connectivity index (χ1) is 11.7. The van der Waals surface area contributed by atoms with E-state index in [0.29, 0.717) is 5.78 Å². The Hall–Kier alpha value is -3.29. The molecule has 8 nitrogen and oxygen atoms in total. The van der Waals surface area contributed by atoms with Gasteiger partial charge in [0.2, 0.25) is 0 Å². The predicted octanol–water partition coefficient (Wildman–Crippen LogP) is 2.19. The summed E-state index contributed by atoms with van der Waals surface area (Å²) in [4.78, 5) is 12.5. The van der Waals surface area contributed by atoms with Crippen LogP contribution in [0.3, 0.4) is 0 Å². The Balaban J connectivity index is 1.59. The van der Waals surface area contributed by atoms with Crippen molar-refractivity contribution in [3.05, 3.63) is 60.6 Å². The van der Waals surface area contributed by atoms with Crippen LogP contribution in [-0.2, 0) is 0 Å². The Morgan fingerprint density at radius 3 is 2.67 bits per heavy atom. The third kappa shape index (κ3) is 2.58. The van der Waals surface area contributed by atoms with E-state index in [2.05, 4.69) is 49.5 Å². The van der Waals surface area contributed by atoms with E-state index in [0.717, 1.165) is 22.8 Å². The van der Waals surface area contributed by atoms with Crippen molar-refractivity contribution in [2.75, 3.05) is 5.32 Å². The summed E-state index contributed by atoms with van der Waals surface area (Å²) in [6, 6.07) is 10.2. The number of anilines is 1. The maximum atomic E-state index is 4.35. The summed E-state index contributed by atoms with van der Waals surface area (Å²) >= 11 is 0. The predicted molar refractivity (Wildman–Crippen MR) is 88.9 cm³/mol. The molecule has 0 spiro atoms. The van der Waals surface area contributed by atoms with Crippen molar-refractivity contribution >= 4 is 11.6 Å². The summed E-state index contributed by atoms with van der Waals surface area (Å²) in [5, 5.41) is 11.8. The Kier molecular flexibility index (Phi) is 3.42. The molecule has 4 aromatic rings. The van der Waals surface area contributed by atoms with Gasteiger partial charge in [-0.25, -0.2) is 14.6 Å². The van der Waals surface area contributed by atoms with E-state index in [4.69, 9.17) is 0 Å². The van der Waals surface area contributed by atoms with Crippen LogP contribution >= 0.6 is 0 Å². The van der Waals surface area contributed by atoms with E-state index in [9.17, 15) is 0 Å². The van der Waals surface area contributed by atoms with Gasteiger partial charge in [-0.15, -0.1) is 0 Å². The fourth-order valence-electron chi connectivity index (χ4n) is 2.60. The minimum Gasteiger partial charge on any atom is -0.363 e. The zero-order valence-corrected chi connectivity index (χ0v) is 13.3. The lowest BCUT2D eigenvalue weighted by Gasteiger charge is -2.17. The third-order valence-electron chi connectivity index (χ3n) is 3.82. The van der Waals surface area contributed by atoms with Crippen LogP contribution in [0.4, 0.5) is 5.82 Å². The minimum absolute atomic E-state index is 0.101. The molecule has 24 heavy (non-hydrogen) atoms. The molecular weight excluding hydrogens is 304 g/mol. The number of hydrogen-bond donors (Lipinski definition) is 1. The molecule has 8 heteroatoms. The number of hydrogen-bond acceptors (Lipinski definition) is 6. The van der Waals surface area contributed by atoms with Crippen LogP contribution < -0.4 is 5.32 Å². The van der Waals surface area contributed by atoms with Gasteiger partial charge in [0.15, 0.2) is 0 Å². The van der Waals surface area contributed by atoms with Crippen molar-refractivity contribution < 1.29 is 0 Å². The summed E-state index contributed by atoms with van der Waals surface area (Å²) in [6.07, 6.45) is 4.70. The fraction of sp³-hybridized carbons (Fsp3) is 0.188. The maximum Gasteiger partial charge on any atom is 0.254 e. The van der Waals surface area contributed by atoms with Gasteiger partial charge in [-0.3, -0.25) is 0 Å². The van der Waals surface area contributed by atoms with Crippen LogP contribution in [0.2, 0.25) is 0 Å². The number of benzene rings is 1. The van der Waals surface area contributed by atoms with Crippen LogP contribution in [0.1, 0.15) is 24.2 Å². The quantitative estimate of drug-likeness (QED) is 0.620. The molecule has 0 aliphatic heterocycles. The molecule has 4 rings (SSSR count). The molecule has 1 N–H and O–H groups in total. The molecule has 1 unspecified atom stereocenters. The molecule has 0 radical (unpaired) electrons. The number of fused-ring (bicyclic) bond motifs is 1. The normalized spacial score (nSPS) is 12.4. The standard InChI is InChI=1S/C16H16N8/c1-11-7-15(24-16(21-11)18-9-20-24)22-12(2)13-3-5-14(6-4-13)23-10-17-8-19-23/h3-10,12,22H,1-2H3. The Morgan fingerprint density at radius 1 is 1.08 bits per heavy atom. The number of rotatable bonds is 4. The summed E-state index contributed by atoms with van der Waals surface area (Å²) < 4.78 is 3.43. The Labute approximate surface area is 138 Å². The SMILES string of the molecule is Cc1cc(NC(C)c2ccc(-n3cncn3)cc2)n2ncnc2n1. The van der Waals surface area contributed by atoms with Gasteiger partial charge in [-0.05, 0) is 31.5 Å². The van der Waals surface area contributed by atoms with E-state index in [1.807, 2.05) is 25.1 Å². The van der Waals surface area contributed by atoms with Crippen molar-refractivity contribution in [1.82, 2.24) is 34.3 Å². The summed E-state index contributed by atoms with van der Waals surface area (Å²) in [5.74, 6) is 1.45. The molecule has 0 fully saturated rings. The summed E-state index contributed by atoms with van der Waals surface area (Å²) in [7, 11) is 0. The molecular formula is C16H16N8. The van der Waals surface area contributed by atoms with Crippen molar-refractivity contribution in [3.8, 4) is 5.69 Å². The van der Waals surface area contributed by atoms with E-state index < -0.39 is 0 Å². The monoisotopic (exact) mass is 320 g/mol. The molecule has 3 aromatic heterocycles. The van der Waals surface area contributed by atoms with Gasteiger partial charge >= 0.3 is 0 Å². The topological polar surface area (TPSA) is 85.8 Å². The van der Waals surface area contributed by atoms with Crippen LogP contribution in [-0.4, -0.2) is 34.3 Å². The van der Waals surface area contributed by atoms with Gasteiger partial charge < -0.3 is 5.32 Å². The highest BCUT2D eigenvalue weighted by Gasteiger charge is 2.10. The van der Waals surface area contributed by atoms with Crippen LogP contribution in [0, 0.1) is 6.92 Å². The van der Waals surface area contributed by atoms with Gasteiger partial charge in [0.05, 0.1) is 5.69 Å². The molecule has 1 aromatic carbocycles. The lowest BCUT2D eigenvalue weighted by atomic mass is 10.1. The average molecular weight is 320 g/mol. The van der Waals surface area contributed by atoms with Crippen molar-refractivity contribution in [2.45, 2.75) is 19.9 Å². The highest BCUT2D eigenvalue weighted by Crippen LogP contribution is 2.21. The van der Waals surface area contributed by atoms with Gasteiger partial charge in [-0.1, -0.05) is 12.1 Å². The third-order valence-corrected chi connectivity index (χ3v) is 3.82. The van der Waals surface area contributed by atoms with Gasteiger partial charge in [0, 0.05) is 17.8 Å². The zero-order chi connectivity index (χ0) is 16.5. The van der Waals surface area contributed by atoms with Crippen LogP contribution in [0.25, 0.3) is 11.5 Å². The second kappa shape index (κ2) is 5.73. The van der Waals surface area contributed by atoms with E-state index in [1.165, 1.54) is 12.7 Å². The lowest BCUT2D eigenvalue weighted by Crippen LogP contribution is -2.11. The second-order valence-electron chi connectivity index (χ2n) is 5.55. The Morgan fingerprint density at radius 2 is 1.92 bits per heavy atom. The number of nitrogens with one attached hydrogen (secondary N) is 1. The first-order valence-corrected chi connectivity index (χ1v) is 7.59. The molecule has 0 saturated heterocycles. The molecule has 0 amide bonds. The number of nitrogens with zero attached hydrogens (tertiary/aromatic N) is 7. The Bertz CT molecular complexity index is 956. The van der Waals surface area contributed by atoms with Crippen molar-refractivity contribution in [2.24, 2.45) is 0 Å². The van der Waals surface area contributed by atoms with Gasteiger partial charge in [-0.2, -0.15) is 19.7 Å². The fourth-order valence-corrected chi connectivity index (χ4v) is 2.60. The number of aromatic nitrogens is 7. The molecule has 3 heterocycles. The smallest absolute Gasteiger partial charge is 0.254 e. The minimum atomic E-state index is 0.101. The van der Waals surface area contributed by atoms with Gasteiger partial charge in [0.25, 0.3) is 5.78 Å². The zero-order valence-electron chi connectivity index (χ0n) is 13.3. The maximum absolute atomic E-state index is 4.35. The summed E-state index contributed by atoms with van der Waals surface area (Å²) in [5.41, 5.74) is 3.02. The largest absolute Gasteiger partial charge is 0.363 e. The molecule has 120 valence electrons. The lowest BCUT2D eigenvalue weighted by molar-refractivity contribution is 0.833. The molecule has 0 bridgehead atoms. The molecule has 0 saturated carbocycles. The number of aryl methyl sites for hydroxylation is 1. The van der Waals surface area contributed by atoms with E-state index in [1.54, 1.807) is 15.5 Å². The highest BCUT2D eigenvalue weighted by molar-refractivity contribution is 5.47. The van der Waals surface area contributed by atoms with E-state index in [-0.39, 0.29) is 6.04 Å². The molecule has 1 atom stereocenters. The average Bonchev–Trinajstić information content (AvgIpc) is 3.26. The van der Waals surface area contributed by atoms with Gasteiger partial charge in [0.1, 0.15) is 24.8 Å². The highest BCUT2D eigenvalue weighted by atomic mass is 15.4. The molecule has 0 aliphatic carbocycles. The second-order valence-corrected chi connectivity index (χ2v) is 5.55. The van der Waals surface area contributed by atoms with Crippen LogP contribution in [0.5, 0.6) is 0 Å². The molecule has 0 aliphatic rings. The first kappa shape index (κ1) is 14.3. The summed E-state index contributed by atoms with van der Waals surface area (Å²) in [6.45, 7) is 4.04. The van der Waals surface area contributed by atoms with Crippen molar-refractivity contribution in [3.63, 3.8) is 0 Å². The van der Waals surface area contributed by atoms with Crippen LogP contribution in [0.15, 0.2) is 49.3 Å². The van der Waals surface area contributed by atoms with Crippen molar-refractivity contribution in [1.29, 1.82) is 0 Å².